The van der Waals surface area contributed by atoms with Crippen LogP contribution >= 0.6 is 0 Å². The number of ether oxygens (including phenoxy) is 1. The zero-order valence-electron chi connectivity index (χ0n) is 9.62. The Morgan fingerprint density at radius 3 is 2.13 bits per heavy atom. The smallest absolute Gasteiger partial charge is 0.308 e. The molecule has 0 N–H and O–H groups in total. The van der Waals surface area contributed by atoms with Gasteiger partial charge in [0.05, 0.1) is 0 Å². The Balaban J connectivity index is 2.75. The van der Waals surface area contributed by atoms with Gasteiger partial charge < -0.3 is 4.74 Å². The minimum absolute atomic E-state index is 0.273. The predicted octanol–water partition coefficient (Wildman–Crippen LogP) is 3.52. The third kappa shape index (κ3) is 3.39. The lowest BCUT2D eigenvalue weighted by Gasteiger charge is -2.12. The SMILES string of the molecule is CCC(CC)c1ccc(OC(C)=O)cc1. The highest BCUT2D eigenvalue weighted by Gasteiger charge is 2.06. The molecular formula is C13H18O2. The Hall–Kier alpha value is -1.31. The van der Waals surface area contributed by atoms with E-state index in [1.807, 2.05) is 24.3 Å². The molecule has 0 aliphatic rings. The number of carbonyl (C=O) groups is 1. The molecule has 0 aliphatic heterocycles. The summed E-state index contributed by atoms with van der Waals surface area (Å²) in [5.74, 6) is 0.957. The molecule has 0 unspecified atom stereocenters. The van der Waals surface area contributed by atoms with Gasteiger partial charge in [-0.15, -0.1) is 0 Å². The van der Waals surface area contributed by atoms with Crippen LogP contribution < -0.4 is 4.74 Å². The molecule has 15 heavy (non-hydrogen) atoms. The van der Waals surface area contributed by atoms with Crippen molar-refractivity contribution in [2.45, 2.75) is 39.5 Å². The van der Waals surface area contributed by atoms with Crippen molar-refractivity contribution in [3.8, 4) is 5.75 Å². The summed E-state index contributed by atoms with van der Waals surface area (Å²) in [6, 6.07) is 7.79. The highest BCUT2D eigenvalue weighted by molar-refractivity contribution is 5.69. The van der Waals surface area contributed by atoms with E-state index in [0.29, 0.717) is 11.7 Å². The van der Waals surface area contributed by atoms with Crippen molar-refractivity contribution in [2.75, 3.05) is 0 Å². The van der Waals surface area contributed by atoms with Crippen LogP contribution in [0.25, 0.3) is 0 Å². The molecule has 0 bridgehead atoms. The molecule has 0 aliphatic carbocycles. The summed E-state index contributed by atoms with van der Waals surface area (Å²) in [5, 5.41) is 0. The predicted molar refractivity (Wildman–Crippen MR) is 61.1 cm³/mol. The molecule has 0 aromatic heterocycles. The first-order valence-electron chi connectivity index (χ1n) is 5.45. The van der Waals surface area contributed by atoms with Gasteiger partial charge in [0.2, 0.25) is 0 Å². The van der Waals surface area contributed by atoms with Gasteiger partial charge in [0.15, 0.2) is 0 Å². The summed E-state index contributed by atoms with van der Waals surface area (Å²) >= 11 is 0. The zero-order chi connectivity index (χ0) is 11.3. The van der Waals surface area contributed by atoms with Crippen LogP contribution in [0.15, 0.2) is 24.3 Å². The average Bonchev–Trinajstić information content (AvgIpc) is 2.21. The van der Waals surface area contributed by atoms with Crippen molar-refractivity contribution in [1.82, 2.24) is 0 Å². The molecule has 0 amide bonds. The van der Waals surface area contributed by atoms with E-state index >= 15 is 0 Å². The summed E-state index contributed by atoms with van der Waals surface area (Å²) in [7, 11) is 0. The minimum Gasteiger partial charge on any atom is -0.427 e. The van der Waals surface area contributed by atoms with Crippen LogP contribution in [-0.2, 0) is 4.79 Å². The second-order valence-electron chi connectivity index (χ2n) is 3.68. The van der Waals surface area contributed by atoms with Gasteiger partial charge in [-0.3, -0.25) is 4.79 Å². The maximum Gasteiger partial charge on any atom is 0.308 e. The molecule has 1 aromatic carbocycles. The molecule has 1 rings (SSSR count). The minimum atomic E-state index is -0.273. The monoisotopic (exact) mass is 206 g/mol. The molecule has 0 spiro atoms. The van der Waals surface area contributed by atoms with Gasteiger partial charge in [0.1, 0.15) is 5.75 Å². The fourth-order valence-electron chi connectivity index (χ4n) is 1.73. The molecule has 0 saturated carbocycles. The summed E-state index contributed by atoms with van der Waals surface area (Å²) in [5.41, 5.74) is 1.32. The second kappa shape index (κ2) is 5.54. The van der Waals surface area contributed by atoms with Crippen molar-refractivity contribution in [1.29, 1.82) is 0 Å². The van der Waals surface area contributed by atoms with Gasteiger partial charge in [-0.25, -0.2) is 0 Å². The number of rotatable bonds is 4. The summed E-state index contributed by atoms with van der Waals surface area (Å²) in [4.78, 5) is 10.7. The first-order valence-corrected chi connectivity index (χ1v) is 5.45. The fourth-order valence-corrected chi connectivity index (χ4v) is 1.73. The van der Waals surface area contributed by atoms with E-state index in [1.54, 1.807) is 0 Å². The maximum absolute atomic E-state index is 10.7. The summed E-state index contributed by atoms with van der Waals surface area (Å²) < 4.78 is 4.98. The quantitative estimate of drug-likeness (QED) is 0.556. The largest absolute Gasteiger partial charge is 0.427 e. The average molecular weight is 206 g/mol. The molecule has 0 fully saturated rings. The molecule has 2 heteroatoms. The number of hydrogen-bond donors (Lipinski definition) is 0. The van der Waals surface area contributed by atoms with Gasteiger partial charge >= 0.3 is 5.97 Å². The van der Waals surface area contributed by atoms with E-state index < -0.39 is 0 Å². The number of carbonyl (C=O) groups excluding carboxylic acids is 1. The van der Waals surface area contributed by atoms with Crippen molar-refractivity contribution < 1.29 is 9.53 Å². The number of hydrogen-bond acceptors (Lipinski definition) is 2. The van der Waals surface area contributed by atoms with Crippen LogP contribution in [0.5, 0.6) is 5.75 Å². The maximum atomic E-state index is 10.7. The summed E-state index contributed by atoms with van der Waals surface area (Å²) in [6.07, 6.45) is 2.28. The Kier molecular flexibility index (Phi) is 4.35. The molecule has 82 valence electrons. The van der Waals surface area contributed by atoms with Crippen LogP contribution in [0, 0.1) is 0 Å². The highest BCUT2D eigenvalue weighted by atomic mass is 16.5. The fraction of sp³-hybridized carbons (Fsp3) is 0.462. The van der Waals surface area contributed by atoms with Gasteiger partial charge in [-0.05, 0) is 36.5 Å². The summed E-state index contributed by atoms with van der Waals surface area (Å²) in [6.45, 7) is 5.79. The van der Waals surface area contributed by atoms with Crippen LogP contribution in [0.4, 0.5) is 0 Å². The van der Waals surface area contributed by atoms with Crippen molar-refractivity contribution in [3.05, 3.63) is 29.8 Å². The lowest BCUT2D eigenvalue weighted by atomic mass is 9.94. The third-order valence-electron chi connectivity index (χ3n) is 2.60. The molecule has 0 radical (unpaired) electrons. The van der Waals surface area contributed by atoms with Gasteiger partial charge in [0.25, 0.3) is 0 Å². The van der Waals surface area contributed by atoms with E-state index in [0.717, 1.165) is 12.8 Å². The Labute approximate surface area is 91.3 Å². The van der Waals surface area contributed by atoms with Crippen molar-refractivity contribution in [3.63, 3.8) is 0 Å². The van der Waals surface area contributed by atoms with Crippen molar-refractivity contribution >= 4 is 5.97 Å². The van der Waals surface area contributed by atoms with E-state index in [1.165, 1.54) is 12.5 Å². The number of benzene rings is 1. The lowest BCUT2D eigenvalue weighted by molar-refractivity contribution is -0.131. The Morgan fingerprint density at radius 1 is 1.20 bits per heavy atom. The van der Waals surface area contributed by atoms with Crippen molar-refractivity contribution in [2.24, 2.45) is 0 Å². The Bertz CT molecular complexity index is 310. The van der Waals surface area contributed by atoms with Crippen LogP contribution in [0.1, 0.15) is 45.1 Å². The highest BCUT2D eigenvalue weighted by Crippen LogP contribution is 2.24. The van der Waals surface area contributed by atoms with Gasteiger partial charge in [-0.1, -0.05) is 26.0 Å². The third-order valence-corrected chi connectivity index (χ3v) is 2.60. The zero-order valence-corrected chi connectivity index (χ0v) is 9.62. The first-order chi connectivity index (χ1) is 7.17. The standard InChI is InChI=1S/C13H18O2/c1-4-11(5-2)12-6-8-13(9-7-12)15-10(3)14/h6-9,11H,4-5H2,1-3H3. The van der Waals surface area contributed by atoms with Crippen LogP contribution in [0.2, 0.25) is 0 Å². The molecule has 2 nitrogen and oxygen atoms in total. The van der Waals surface area contributed by atoms with Gasteiger partial charge in [-0.2, -0.15) is 0 Å². The first kappa shape index (κ1) is 11.8. The molecule has 1 aromatic rings. The van der Waals surface area contributed by atoms with E-state index in [4.69, 9.17) is 4.74 Å². The topological polar surface area (TPSA) is 26.3 Å². The van der Waals surface area contributed by atoms with E-state index in [2.05, 4.69) is 13.8 Å². The molecule has 0 saturated heterocycles. The van der Waals surface area contributed by atoms with Gasteiger partial charge in [0, 0.05) is 6.92 Å². The van der Waals surface area contributed by atoms with Crippen LogP contribution in [0.3, 0.4) is 0 Å². The second-order valence-corrected chi connectivity index (χ2v) is 3.68. The molecule has 0 heterocycles. The number of esters is 1. The molecule has 0 atom stereocenters. The van der Waals surface area contributed by atoms with E-state index in [-0.39, 0.29) is 5.97 Å². The molecular weight excluding hydrogens is 188 g/mol. The van der Waals surface area contributed by atoms with Crippen LogP contribution in [-0.4, -0.2) is 5.97 Å². The van der Waals surface area contributed by atoms with E-state index in [9.17, 15) is 4.79 Å². The lowest BCUT2D eigenvalue weighted by Crippen LogP contribution is -2.01. The Morgan fingerprint density at radius 2 is 1.73 bits per heavy atom. The normalized spacial score (nSPS) is 10.4.